The maximum atomic E-state index is 12.1. The normalized spacial score (nSPS) is 16.7. The van der Waals surface area contributed by atoms with Crippen LogP contribution in [0.1, 0.15) is 6.92 Å². The van der Waals surface area contributed by atoms with E-state index in [0.717, 1.165) is 11.2 Å². The van der Waals surface area contributed by atoms with Gasteiger partial charge in [-0.15, -0.1) is 0 Å². The number of hydrogen-bond donors (Lipinski definition) is 1. The quantitative estimate of drug-likeness (QED) is 0.642. The van der Waals surface area contributed by atoms with Crippen LogP contribution in [0.15, 0.2) is 47.2 Å². The van der Waals surface area contributed by atoms with Gasteiger partial charge in [-0.05, 0) is 19.1 Å². The Morgan fingerprint density at radius 1 is 1.42 bits per heavy atom. The van der Waals surface area contributed by atoms with E-state index in [1.54, 1.807) is 31.2 Å². The van der Waals surface area contributed by atoms with Crippen molar-refractivity contribution in [2.24, 2.45) is 10.8 Å². The summed E-state index contributed by atoms with van der Waals surface area (Å²) in [4.78, 5) is 23.8. The van der Waals surface area contributed by atoms with E-state index in [0.29, 0.717) is 5.69 Å². The molecule has 0 bridgehead atoms. The molecule has 2 N–H and O–H groups in total. The predicted octanol–water partition coefficient (Wildman–Crippen LogP) is 0.795. The van der Waals surface area contributed by atoms with Crippen LogP contribution in [0, 0.1) is 0 Å². The number of nitrogens with zero attached hydrogens (tertiary/aromatic N) is 2. The number of carbonyl (C=O) groups excluding carboxylic acids is 2. The molecule has 0 saturated heterocycles. The Hall–Kier alpha value is -2.63. The lowest BCUT2D eigenvalue weighted by Gasteiger charge is -2.10. The van der Waals surface area contributed by atoms with E-state index in [4.69, 9.17) is 10.5 Å². The zero-order valence-corrected chi connectivity index (χ0v) is 10.4. The molecule has 0 atom stereocenters. The molecule has 0 fully saturated rings. The van der Waals surface area contributed by atoms with Gasteiger partial charge < -0.3 is 10.5 Å². The predicted molar refractivity (Wildman–Crippen MR) is 70.3 cm³/mol. The summed E-state index contributed by atoms with van der Waals surface area (Å²) in [7, 11) is 0. The molecule has 1 amide bonds. The number of carbonyl (C=O) groups is 2. The van der Waals surface area contributed by atoms with Crippen LogP contribution in [0.2, 0.25) is 0 Å². The van der Waals surface area contributed by atoms with Crippen molar-refractivity contribution in [1.29, 1.82) is 0 Å². The second-order valence-electron chi connectivity index (χ2n) is 3.70. The molecule has 0 saturated carbocycles. The van der Waals surface area contributed by atoms with Crippen molar-refractivity contribution in [3.63, 3.8) is 0 Å². The van der Waals surface area contributed by atoms with Gasteiger partial charge in [0, 0.05) is 6.20 Å². The van der Waals surface area contributed by atoms with Gasteiger partial charge in [-0.3, -0.25) is 4.79 Å². The van der Waals surface area contributed by atoms with Crippen molar-refractivity contribution in [3.8, 4) is 0 Å². The number of hydrogen-bond acceptors (Lipinski definition) is 5. The van der Waals surface area contributed by atoms with E-state index < -0.39 is 11.9 Å². The van der Waals surface area contributed by atoms with Crippen LogP contribution in [-0.4, -0.2) is 24.2 Å². The van der Waals surface area contributed by atoms with Crippen molar-refractivity contribution in [1.82, 2.24) is 0 Å². The van der Waals surface area contributed by atoms with Gasteiger partial charge in [0.25, 0.3) is 5.91 Å². The summed E-state index contributed by atoms with van der Waals surface area (Å²) < 4.78 is 4.85. The van der Waals surface area contributed by atoms with E-state index in [1.807, 2.05) is 6.07 Å². The Balaban J connectivity index is 2.38. The molecule has 1 heterocycles. The zero-order valence-electron chi connectivity index (χ0n) is 10.4. The van der Waals surface area contributed by atoms with E-state index >= 15 is 0 Å². The molecular formula is C13H13N3O3. The highest BCUT2D eigenvalue weighted by molar-refractivity contribution is 6.53. The van der Waals surface area contributed by atoms with Crippen LogP contribution >= 0.6 is 0 Å². The number of amides is 1. The van der Waals surface area contributed by atoms with Crippen molar-refractivity contribution in [2.45, 2.75) is 6.92 Å². The molecular weight excluding hydrogens is 246 g/mol. The van der Waals surface area contributed by atoms with Crippen LogP contribution in [-0.2, 0) is 14.3 Å². The Morgan fingerprint density at radius 3 is 2.68 bits per heavy atom. The summed E-state index contributed by atoms with van der Waals surface area (Å²) in [5.41, 5.74) is 5.92. The van der Waals surface area contributed by atoms with Crippen molar-refractivity contribution in [3.05, 3.63) is 42.1 Å². The fraction of sp³-hybridized carbons (Fsp3) is 0.154. The molecule has 6 heteroatoms. The fourth-order valence-corrected chi connectivity index (χ4v) is 1.66. The van der Waals surface area contributed by atoms with Gasteiger partial charge in [-0.25, -0.2) is 4.79 Å². The van der Waals surface area contributed by atoms with Crippen molar-refractivity contribution in [2.75, 3.05) is 11.6 Å². The molecule has 0 aliphatic carbocycles. The number of nitrogens with two attached hydrogens (primary N) is 1. The summed E-state index contributed by atoms with van der Waals surface area (Å²) in [5, 5.41) is 5.12. The first-order valence-corrected chi connectivity index (χ1v) is 5.76. The SMILES string of the molecule is CCOC(=O)C1=NN(c2ccccc2)C(=O)C1=CN. The molecule has 1 aromatic carbocycles. The van der Waals surface area contributed by atoms with E-state index in [2.05, 4.69) is 5.10 Å². The third-order valence-corrected chi connectivity index (χ3v) is 2.51. The molecule has 2 rings (SSSR count). The Kier molecular flexibility index (Phi) is 3.61. The standard InChI is InChI=1S/C13H13N3O3/c1-2-19-13(18)11-10(8-14)12(17)16(15-11)9-6-4-3-5-7-9/h3-8H,2,14H2,1H3. The molecule has 1 aromatic rings. The minimum absolute atomic E-state index is 0.0438. The molecule has 19 heavy (non-hydrogen) atoms. The second kappa shape index (κ2) is 5.34. The van der Waals surface area contributed by atoms with Crippen molar-refractivity contribution < 1.29 is 14.3 Å². The molecule has 1 aliphatic heterocycles. The van der Waals surface area contributed by atoms with Gasteiger partial charge in [0.15, 0.2) is 5.71 Å². The minimum atomic E-state index is -0.661. The average molecular weight is 259 g/mol. The average Bonchev–Trinajstić information content (AvgIpc) is 2.77. The number of benzene rings is 1. The molecule has 0 aromatic heterocycles. The monoisotopic (exact) mass is 259 g/mol. The van der Waals surface area contributed by atoms with Gasteiger partial charge in [0.1, 0.15) is 0 Å². The fourth-order valence-electron chi connectivity index (χ4n) is 1.66. The first-order valence-electron chi connectivity index (χ1n) is 5.76. The van der Waals surface area contributed by atoms with Gasteiger partial charge in [0.2, 0.25) is 0 Å². The maximum absolute atomic E-state index is 12.1. The third-order valence-electron chi connectivity index (χ3n) is 2.51. The molecule has 0 radical (unpaired) electrons. The van der Waals surface area contributed by atoms with Crippen LogP contribution < -0.4 is 10.7 Å². The lowest BCUT2D eigenvalue weighted by atomic mass is 10.1. The van der Waals surface area contributed by atoms with Crippen LogP contribution in [0.4, 0.5) is 5.69 Å². The molecule has 6 nitrogen and oxygen atoms in total. The lowest BCUT2D eigenvalue weighted by molar-refractivity contribution is -0.135. The van der Waals surface area contributed by atoms with Gasteiger partial charge >= 0.3 is 5.97 Å². The van der Waals surface area contributed by atoms with Crippen LogP contribution in [0.5, 0.6) is 0 Å². The highest BCUT2D eigenvalue weighted by atomic mass is 16.5. The lowest BCUT2D eigenvalue weighted by Crippen LogP contribution is -2.23. The second-order valence-corrected chi connectivity index (χ2v) is 3.70. The summed E-state index contributed by atoms with van der Waals surface area (Å²) in [6, 6.07) is 8.78. The van der Waals surface area contributed by atoms with Crippen molar-refractivity contribution >= 4 is 23.3 Å². The molecule has 1 aliphatic rings. The topological polar surface area (TPSA) is 85.0 Å². The number of esters is 1. The first kappa shape index (κ1) is 12.8. The van der Waals surface area contributed by atoms with Crippen LogP contribution in [0.25, 0.3) is 0 Å². The molecule has 0 unspecified atom stereocenters. The van der Waals surface area contributed by atoms with Gasteiger partial charge in [-0.2, -0.15) is 10.1 Å². The number of rotatable bonds is 3. The number of hydrazone groups is 1. The highest BCUT2D eigenvalue weighted by Crippen LogP contribution is 2.23. The van der Waals surface area contributed by atoms with E-state index in [-0.39, 0.29) is 17.9 Å². The van der Waals surface area contributed by atoms with E-state index in [1.165, 1.54) is 0 Å². The Morgan fingerprint density at radius 2 is 2.11 bits per heavy atom. The third kappa shape index (κ3) is 2.33. The smallest absolute Gasteiger partial charge is 0.359 e. The van der Waals surface area contributed by atoms with Gasteiger partial charge in [-0.1, -0.05) is 18.2 Å². The summed E-state index contributed by atoms with van der Waals surface area (Å²) in [6.45, 7) is 1.88. The molecule has 98 valence electrons. The maximum Gasteiger partial charge on any atom is 0.359 e. The van der Waals surface area contributed by atoms with Gasteiger partial charge in [0.05, 0.1) is 17.9 Å². The number of ether oxygens (including phenoxy) is 1. The molecule has 0 spiro atoms. The Bertz CT molecular complexity index is 564. The van der Waals surface area contributed by atoms with E-state index in [9.17, 15) is 9.59 Å². The van der Waals surface area contributed by atoms with Crippen LogP contribution in [0.3, 0.4) is 0 Å². The Labute approximate surface area is 110 Å². The largest absolute Gasteiger partial charge is 0.461 e. The highest BCUT2D eigenvalue weighted by Gasteiger charge is 2.35. The minimum Gasteiger partial charge on any atom is -0.461 e. The number of para-hydroxylation sites is 1. The summed E-state index contributed by atoms with van der Waals surface area (Å²) in [6.07, 6.45) is 1.07. The number of anilines is 1. The zero-order chi connectivity index (χ0) is 13.8. The summed E-state index contributed by atoms with van der Waals surface area (Å²) in [5.74, 6) is -1.11. The summed E-state index contributed by atoms with van der Waals surface area (Å²) >= 11 is 0. The first-order chi connectivity index (χ1) is 9.19.